The number of hydrogen-bond donors (Lipinski definition) is 1. The van der Waals surface area contributed by atoms with E-state index in [0.29, 0.717) is 11.5 Å². The Hall–Kier alpha value is -1.50. The van der Waals surface area contributed by atoms with Gasteiger partial charge in [-0.15, -0.1) is 0 Å². The molecular weight excluding hydrogens is 194 g/mol. The van der Waals surface area contributed by atoms with E-state index in [1.807, 2.05) is 0 Å². The third kappa shape index (κ3) is 1.67. The zero-order chi connectivity index (χ0) is 11.2. The molecule has 2 aromatic rings. The van der Waals surface area contributed by atoms with Crippen molar-refractivity contribution in [2.75, 3.05) is 5.32 Å². The predicted octanol–water partition coefficient (Wildman–Crippen LogP) is 4.05. The first-order valence-electron chi connectivity index (χ1n) is 5.90. The molecule has 0 aromatic heterocycles. The Morgan fingerprint density at radius 1 is 1.06 bits per heavy atom. The van der Waals surface area contributed by atoms with Crippen molar-refractivity contribution in [3.8, 4) is 0 Å². The monoisotopic (exact) mass is 211 g/mol. The van der Waals surface area contributed by atoms with Gasteiger partial charge in [0.1, 0.15) is 0 Å². The molecule has 16 heavy (non-hydrogen) atoms. The fourth-order valence-corrected chi connectivity index (χ4v) is 2.19. The van der Waals surface area contributed by atoms with Gasteiger partial charge in [0.25, 0.3) is 0 Å². The average molecular weight is 211 g/mol. The average Bonchev–Trinajstić information content (AvgIpc) is 2.86. The van der Waals surface area contributed by atoms with Crippen LogP contribution in [0.25, 0.3) is 10.8 Å². The Bertz CT molecular complexity index is 528. The molecule has 1 aliphatic carbocycles. The summed E-state index contributed by atoms with van der Waals surface area (Å²) in [5.41, 5.74) is 1.72. The SMILES string of the molecule is CC1(C)CC1Nc1ccc2ccccc2c1. The summed E-state index contributed by atoms with van der Waals surface area (Å²) in [7, 11) is 0. The number of rotatable bonds is 2. The van der Waals surface area contributed by atoms with Crippen molar-refractivity contribution in [3.05, 3.63) is 42.5 Å². The van der Waals surface area contributed by atoms with E-state index in [1.165, 1.54) is 22.9 Å². The Labute approximate surface area is 96.5 Å². The van der Waals surface area contributed by atoms with Crippen LogP contribution < -0.4 is 5.32 Å². The first kappa shape index (κ1) is 9.71. The minimum atomic E-state index is 0.478. The Balaban J connectivity index is 1.88. The third-order valence-corrected chi connectivity index (χ3v) is 3.60. The maximum atomic E-state index is 3.60. The zero-order valence-corrected chi connectivity index (χ0v) is 9.83. The van der Waals surface area contributed by atoms with Gasteiger partial charge in [0.2, 0.25) is 0 Å². The fraction of sp³-hybridized carbons (Fsp3) is 0.333. The molecule has 82 valence electrons. The minimum absolute atomic E-state index is 0.478. The van der Waals surface area contributed by atoms with Gasteiger partial charge in [0, 0.05) is 11.7 Å². The number of nitrogens with one attached hydrogen (secondary N) is 1. The van der Waals surface area contributed by atoms with E-state index in [1.54, 1.807) is 0 Å². The highest BCUT2D eigenvalue weighted by molar-refractivity contribution is 5.85. The molecule has 0 bridgehead atoms. The van der Waals surface area contributed by atoms with Crippen LogP contribution in [0.3, 0.4) is 0 Å². The van der Waals surface area contributed by atoms with Gasteiger partial charge in [-0.25, -0.2) is 0 Å². The lowest BCUT2D eigenvalue weighted by atomic mass is 10.1. The first-order chi connectivity index (χ1) is 7.65. The van der Waals surface area contributed by atoms with Crippen LogP contribution in [-0.2, 0) is 0 Å². The molecule has 0 heterocycles. The van der Waals surface area contributed by atoms with Crippen LogP contribution in [0.4, 0.5) is 5.69 Å². The second kappa shape index (κ2) is 3.24. The highest BCUT2D eigenvalue weighted by atomic mass is 15.0. The van der Waals surface area contributed by atoms with Gasteiger partial charge in [-0.2, -0.15) is 0 Å². The van der Waals surface area contributed by atoms with Crippen molar-refractivity contribution in [2.24, 2.45) is 5.41 Å². The molecule has 1 nitrogen and oxygen atoms in total. The Kier molecular flexibility index (Phi) is 1.97. The maximum absolute atomic E-state index is 3.60. The second-order valence-corrected chi connectivity index (χ2v) is 5.45. The van der Waals surface area contributed by atoms with Gasteiger partial charge in [-0.3, -0.25) is 0 Å². The smallest absolute Gasteiger partial charge is 0.0348 e. The largest absolute Gasteiger partial charge is 0.382 e. The first-order valence-corrected chi connectivity index (χ1v) is 5.90. The summed E-state index contributed by atoms with van der Waals surface area (Å²) >= 11 is 0. The Morgan fingerprint density at radius 3 is 2.44 bits per heavy atom. The second-order valence-electron chi connectivity index (χ2n) is 5.45. The summed E-state index contributed by atoms with van der Waals surface area (Å²) in [5.74, 6) is 0. The van der Waals surface area contributed by atoms with Gasteiger partial charge in [-0.1, -0.05) is 44.2 Å². The summed E-state index contributed by atoms with van der Waals surface area (Å²) < 4.78 is 0. The molecule has 0 saturated heterocycles. The van der Waals surface area contributed by atoms with Crippen molar-refractivity contribution in [1.29, 1.82) is 0 Å². The topological polar surface area (TPSA) is 12.0 Å². The molecule has 0 aliphatic heterocycles. The molecule has 2 aromatic carbocycles. The predicted molar refractivity (Wildman–Crippen MR) is 69.8 cm³/mol. The summed E-state index contributed by atoms with van der Waals surface area (Å²) in [6, 6.07) is 15.7. The van der Waals surface area contributed by atoms with Gasteiger partial charge < -0.3 is 5.32 Å². The molecule has 1 atom stereocenters. The standard InChI is InChI=1S/C15H17N/c1-15(2)10-14(15)16-13-8-7-11-5-3-4-6-12(11)9-13/h3-9,14,16H,10H2,1-2H3. The molecular formula is C15H17N. The van der Waals surface area contributed by atoms with E-state index in [9.17, 15) is 0 Å². The van der Waals surface area contributed by atoms with E-state index in [2.05, 4.69) is 61.6 Å². The van der Waals surface area contributed by atoms with Crippen molar-refractivity contribution in [3.63, 3.8) is 0 Å². The molecule has 0 amide bonds. The quantitative estimate of drug-likeness (QED) is 0.790. The normalized spacial score (nSPS) is 22.0. The highest BCUT2D eigenvalue weighted by Gasteiger charge is 2.45. The Morgan fingerprint density at radius 2 is 1.75 bits per heavy atom. The van der Waals surface area contributed by atoms with E-state index in [0.717, 1.165) is 0 Å². The summed E-state index contributed by atoms with van der Waals surface area (Å²) in [4.78, 5) is 0. The van der Waals surface area contributed by atoms with Crippen molar-refractivity contribution >= 4 is 16.5 Å². The van der Waals surface area contributed by atoms with E-state index in [4.69, 9.17) is 0 Å². The number of anilines is 1. The maximum Gasteiger partial charge on any atom is 0.0348 e. The van der Waals surface area contributed by atoms with Gasteiger partial charge in [-0.05, 0) is 34.7 Å². The van der Waals surface area contributed by atoms with Crippen LogP contribution in [0.15, 0.2) is 42.5 Å². The molecule has 0 spiro atoms. The molecule has 1 N–H and O–H groups in total. The molecule has 0 radical (unpaired) electrons. The summed E-state index contributed by atoms with van der Waals surface area (Å²) in [5, 5.41) is 6.22. The van der Waals surface area contributed by atoms with E-state index < -0.39 is 0 Å². The number of hydrogen-bond acceptors (Lipinski definition) is 1. The lowest BCUT2D eigenvalue weighted by Crippen LogP contribution is -2.07. The highest BCUT2D eigenvalue weighted by Crippen LogP contribution is 2.46. The van der Waals surface area contributed by atoms with Crippen LogP contribution in [0.1, 0.15) is 20.3 Å². The number of benzene rings is 2. The third-order valence-electron chi connectivity index (χ3n) is 3.60. The fourth-order valence-electron chi connectivity index (χ4n) is 2.19. The van der Waals surface area contributed by atoms with E-state index in [-0.39, 0.29) is 0 Å². The molecule has 3 rings (SSSR count). The number of fused-ring (bicyclic) bond motifs is 1. The summed E-state index contributed by atoms with van der Waals surface area (Å²) in [6.07, 6.45) is 1.28. The molecule has 1 aliphatic rings. The lowest BCUT2D eigenvalue weighted by Gasteiger charge is -2.09. The molecule has 1 fully saturated rings. The van der Waals surface area contributed by atoms with Crippen molar-refractivity contribution in [1.82, 2.24) is 0 Å². The van der Waals surface area contributed by atoms with Crippen molar-refractivity contribution < 1.29 is 0 Å². The van der Waals surface area contributed by atoms with Crippen LogP contribution >= 0.6 is 0 Å². The molecule has 1 saturated carbocycles. The van der Waals surface area contributed by atoms with Gasteiger partial charge in [0.15, 0.2) is 0 Å². The minimum Gasteiger partial charge on any atom is -0.382 e. The van der Waals surface area contributed by atoms with Crippen molar-refractivity contribution in [2.45, 2.75) is 26.3 Å². The lowest BCUT2D eigenvalue weighted by molar-refractivity contribution is 0.630. The molecule has 1 unspecified atom stereocenters. The van der Waals surface area contributed by atoms with Crippen LogP contribution in [0.5, 0.6) is 0 Å². The summed E-state index contributed by atoms with van der Waals surface area (Å²) in [6.45, 7) is 4.62. The van der Waals surface area contributed by atoms with Crippen LogP contribution in [0.2, 0.25) is 0 Å². The molecule has 1 heteroatoms. The van der Waals surface area contributed by atoms with Crippen LogP contribution in [0, 0.1) is 5.41 Å². The zero-order valence-electron chi connectivity index (χ0n) is 9.83. The van der Waals surface area contributed by atoms with Gasteiger partial charge in [0.05, 0.1) is 0 Å². The van der Waals surface area contributed by atoms with Crippen LogP contribution in [-0.4, -0.2) is 6.04 Å². The van der Waals surface area contributed by atoms with E-state index >= 15 is 0 Å². The van der Waals surface area contributed by atoms with Gasteiger partial charge >= 0.3 is 0 Å².